The highest BCUT2D eigenvalue weighted by atomic mass is 32.2. The van der Waals surface area contributed by atoms with Gasteiger partial charge in [0.1, 0.15) is 0 Å². The predicted molar refractivity (Wildman–Crippen MR) is 103 cm³/mol. The molecule has 0 bridgehead atoms. The number of hydrogen-bond acceptors (Lipinski definition) is 6. The van der Waals surface area contributed by atoms with Crippen molar-refractivity contribution < 1.29 is 23.8 Å². The summed E-state index contributed by atoms with van der Waals surface area (Å²) >= 11 is 1.60. The van der Waals surface area contributed by atoms with Crippen LogP contribution in [0.3, 0.4) is 0 Å². The van der Waals surface area contributed by atoms with Crippen molar-refractivity contribution in [2.24, 2.45) is 5.41 Å². The Morgan fingerprint density at radius 2 is 2.15 bits per heavy atom. The third-order valence-electron chi connectivity index (χ3n) is 4.74. The van der Waals surface area contributed by atoms with Gasteiger partial charge in [-0.05, 0) is 64.7 Å². The maximum atomic E-state index is 12.1. The highest BCUT2D eigenvalue weighted by Gasteiger charge is 2.29. The number of allylic oxidation sites excluding steroid dienone is 1. The third-order valence-corrected chi connectivity index (χ3v) is 5.91. The summed E-state index contributed by atoms with van der Waals surface area (Å²) in [4.78, 5) is 24.8. The number of esters is 1. The van der Waals surface area contributed by atoms with Crippen LogP contribution in [0.5, 0.6) is 0 Å². The van der Waals surface area contributed by atoms with Crippen molar-refractivity contribution in [2.45, 2.75) is 78.1 Å². The highest BCUT2D eigenvalue weighted by Crippen LogP contribution is 2.31. The number of ketones is 1. The van der Waals surface area contributed by atoms with E-state index in [0.29, 0.717) is 13.0 Å². The van der Waals surface area contributed by atoms with Crippen LogP contribution in [0.25, 0.3) is 0 Å². The van der Waals surface area contributed by atoms with E-state index in [-0.39, 0.29) is 24.1 Å². The summed E-state index contributed by atoms with van der Waals surface area (Å²) in [6, 6.07) is 0. The minimum absolute atomic E-state index is 0.133. The molecule has 1 aliphatic carbocycles. The third kappa shape index (κ3) is 6.71. The Balaban J connectivity index is 1.66. The smallest absolute Gasteiger partial charge is 0.311 e. The molecule has 2 atom stereocenters. The number of thioether (sulfide) groups is 1. The number of carbonyl (C=O) groups is 2. The summed E-state index contributed by atoms with van der Waals surface area (Å²) in [5.74, 6) is 0.914. The lowest BCUT2D eigenvalue weighted by molar-refractivity contribution is -0.178. The minimum Gasteiger partial charge on any atom is -0.466 e. The maximum Gasteiger partial charge on any atom is 0.311 e. The van der Waals surface area contributed by atoms with Crippen molar-refractivity contribution in [3.63, 3.8) is 0 Å². The molecule has 0 N–H and O–H groups in total. The molecule has 1 aliphatic heterocycles. The fraction of sp³-hybridized carbons (Fsp3) is 0.800. The van der Waals surface area contributed by atoms with Gasteiger partial charge in [0.15, 0.2) is 12.1 Å². The number of hydrogen-bond donors (Lipinski definition) is 0. The van der Waals surface area contributed by atoms with Gasteiger partial charge in [0, 0.05) is 17.9 Å². The van der Waals surface area contributed by atoms with Crippen LogP contribution in [0.15, 0.2) is 11.0 Å². The molecule has 0 aromatic rings. The van der Waals surface area contributed by atoms with Crippen LogP contribution in [-0.4, -0.2) is 43.1 Å². The van der Waals surface area contributed by atoms with E-state index in [1.54, 1.807) is 11.8 Å². The number of ether oxygens (including phenoxy) is 3. The van der Waals surface area contributed by atoms with Gasteiger partial charge in [-0.15, -0.1) is 11.8 Å². The van der Waals surface area contributed by atoms with Gasteiger partial charge in [-0.25, -0.2) is 0 Å². The lowest BCUT2D eigenvalue weighted by Crippen LogP contribution is -2.26. The first kappa shape index (κ1) is 21.5. The molecule has 0 radical (unpaired) electrons. The van der Waals surface area contributed by atoms with E-state index in [1.807, 2.05) is 26.8 Å². The Morgan fingerprint density at radius 3 is 2.85 bits per heavy atom. The molecule has 0 saturated carbocycles. The van der Waals surface area contributed by atoms with Gasteiger partial charge in [-0.3, -0.25) is 9.59 Å². The zero-order valence-corrected chi connectivity index (χ0v) is 17.1. The summed E-state index contributed by atoms with van der Waals surface area (Å²) in [5.41, 5.74) is -0.442. The molecule has 0 aromatic carbocycles. The lowest BCUT2D eigenvalue weighted by atomic mass is 9.87. The first-order valence-corrected chi connectivity index (χ1v) is 10.7. The van der Waals surface area contributed by atoms with Crippen LogP contribution >= 0.6 is 11.8 Å². The second-order valence-electron chi connectivity index (χ2n) is 7.54. The lowest BCUT2D eigenvalue weighted by Gasteiger charge is -2.24. The van der Waals surface area contributed by atoms with Crippen molar-refractivity contribution in [3.05, 3.63) is 11.0 Å². The molecule has 1 fully saturated rings. The molecular formula is C20H32O5S. The fourth-order valence-electron chi connectivity index (χ4n) is 3.11. The van der Waals surface area contributed by atoms with Crippen molar-refractivity contribution in [1.29, 1.82) is 0 Å². The van der Waals surface area contributed by atoms with Gasteiger partial charge in [0.05, 0.1) is 18.1 Å². The molecule has 0 aromatic heterocycles. The molecule has 2 aliphatic rings. The molecule has 6 heteroatoms. The van der Waals surface area contributed by atoms with Crippen molar-refractivity contribution in [3.8, 4) is 0 Å². The van der Waals surface area contributed by atoms with Crippen LogP contribution in [0.2, 0.25) is 0 Å². The Hall–Kier alpha value is -0.850. The first-order valence-electron chi connectivity index (χ1n) is 9.74. The number of rotatable bonds is 10. The Labute approximate surface area is 161 Å². The van der Waals surface area contributed by atoms with Crippen LogP contribution in [-0.2, 0) is 23.8 Å². The molecular weight excluding hydrogens is 352 g/mol. The second-order valence-corrected chi connectivity index (χ2v) is 8.68. The Morgan fingerprint density at radius 1 is 1.35 bits per heavy atom. The van der Waals surface area contributed by atoms with Crippen LogP contribution in [0, 0.1) is 5.41 Å². The second kappa shape index (κ2) is 10.5. The van der Waals surface area contributed by atoms with Crippen molar-refractivity contribution in [1.82, 2.24) is 0 Å². The summed E-state index contributed by atoms with van der Waals surface area (Å²) in [5, 5.41) is 0. The van der Waals surface area contributed by atoms with Crippen molar-refractivity contribution in [2.75, 3.05) is 19.0 Å². The molecule has 2 unspecified atom stereocenters. The van der Waals surface area contributed by atoms with Gasteiger partial charge in [-0.2, -0.15) is 0 Å². The Kier molecular flexibility index (Phi) is 8.64. The van der Waals surface area contributed by atoms with E-state index >= 15 is 0 Å². The molecule has 5 nitrogen and oxygen atoms in total. The quantitative estimate of drug-likeness (QED) is 0.414. The van der Waals surface area contributed by atoms with Gasteiger partial charge < -0.3 is 14.2 Å². The van der Waals surface area contributed by atoms with Crippen LogP contribution in [0.1, 0.15) is 65.7 Å². The molecule has 1 heterocycles. The topological polar surface area (TPSA) is 61.8 Å². The summed E-state index contributed by atoms with van der Waals surface area (Å²) in [6.07, 6.45) is 7.91. The van der Waals surface area contributed by atoms with Gasteiger partial charge >= 0.3 is 5.97 Å². The van der Waals surface area contributed by atoms with Gasteiger partial charge in [0.2, 0.25) is 0 Å². The van der Waals surface area contributed by atoms with Crippen molar-refractivity contribution >= 4 is 23.5 Å². The van der Waals surface area contributed by atoms with Crippen LogP contribution < -0.4 is 0 Å². The zero-order chi connectivity index (χ0) is 19.0. The predicted octanol–water partition coefficient (Wildman–Crippen LogP) is 4.25. The number of unbranched alkanes of at least 4 members (excludes halogenated alkanes) is 1. The number of carbonyl (C=O) groups excluding carboxylic acids is 2. The largest absolute Gasteiger partial charge is 0.466 e. The molecule has 2 rings (SSSR count). The standard InChI is InChI=1S/C20H32O5S/c1-4-23-19(22)20(2,3)10-6-8-12-26-17-14-15(13-16(17)21)25-18-9-5-7-11-24-18/h14-15,18H,4-13H2,1-3H3. The molecule has 0 spiro atoms. The molecule has 1 saturated heterocycles. The zero-order valence-electron chi connectivity index (χ0n) is 16.3. The van der Waals surface area contributed by atoms with Gasteiger partial charge in [0.25, 0.3) is 0 Å². The van der Waals surface area contributed by atoms with E-state index in [1.165, 1.54) is 0 Å². The van der Waals surface area contributed by atoms with E-state index in [4.69, 9.17) is 14.2 Å². The molecule has 0 amide bonds. The number of Topliss-reactive ketones (excluding diaryl/α,β-unsaturated/α-hetero) is 1. The molecule has 148 valence electrons. The Bertz CT molecular complexity index is 508. The van der Waals surface area contributed by atoms with E-state index in [9.17, 15) is 9.59 Å². The molecule has 26 heavy (non-hydrogen) atoms. The first-order chi connectivity index (χ1) is 12.4. The normalized spacial score (nSPS) is 23.8. The average molecular weight is 385 g/mol. The van der Waals surface area contributed by atoms with E-state index in [2.05, 4.69) is 0 Å². The average Bonchev–Trinajstić information content (AvgIpc) is 2.95. The summed E-state index contributed by atoms with van der Waals surface area (Å²) in [6.45, 7) is 6.85. The van der Waals surface area contributed by atoms with Gasteiger partial charge in [-0.1, -0.05) is 6.42 Å². The highest BCUT2D eigenvalue weighted by molar-refractivity contribution is 8.04. The minimum atomic E-state index is -0.442. The fourth-order valence-corrected chi connectivity index (χ4v) is 4.17. The van der Waals surface area contributed by atoms with Crippen LogP contribution in [0.4, 0.5) is 0 Å². The summed E-state index contributed by atoms with van der Waals surface area (Å²) in [7, 11) is 0. The monoisotopic (exact) mass is 384 g/mol. The SMILES string of the molecule is CCOC(=O)C(C)(C)CCCCSC1=CC(OC2CCCCO2)CC1=O. The maximum absolute atomic E-state index is 12.1. The van der Waals surface area contributed by atoms with E-state index in [0.717, 1.165) is 55.8 Å². The van der Waals surface area contributed by atoms with E-state index < -0.39 is 5.41 Å². The summed E-state index contributed by atoms with van der Waals surface area (Å²) < 4.78 is 16.6.